The van der Waals surface area contributed by atoms with E-state index in [9.17, 15) is 4.79 Å². The summed E-state index contributed by atoms with van der Waals surface area (Å²) in [5.74, 6) is 0.415. The third kappa shape index (κ3) is 1.39. The Morgan fingerprint density at radius 1 is 1.46 bits per heavy atom. The van der Waals surface area contributed by atoms with E-state index in [2.05, 4.69) is 19.1 Å². The Kier molecular flexibility index (Phi) is 2.17. The molecular formula is C12H13O. The molecule has 0 saturated carbocycles. The molecule has 0 aliphatic heterocycles. The van der Waals surface area contributed by atoms with Crippen LogP contribution in [0.3, 0.4) is 0 Å². The third-order valence-electron chi connectivity index (χ3n) is 2.77. The lowest BCUT2D eigenvalue weighted by atomic mass is 9.95. The van der Waals surface area contributed by atoms with E-state index in [0.717, 1.165) is 12.8 Å². The van der Waals surface area contributed by atoms with Gasteiger partial charge in [-0.1, -0.05) is 24.3 Å². The lowest BCUT2D eigenvalue weighted by Gasteiger charge is -2.07. The number of carbonyl (C=O) groups is 1. The zero-order chi connectivity index (χ0) is 9.26. The summed E-state index contributed by atoms with van der Waals surface area (Å²) >= 11 is 0. The van der Waals surface area contributed by atoms with Gasteiger partial charge in [-0.25, -0.2) is 0 Å². The average molecular weight is 173 g/mol. The van der Waals surface area contributed by atoms with E-state index in [1.54, 1.807) is 0 Å². The summed E-state index contributed by atoms with van der Waals surface area (Å²) in [5, 5.41) is 0. The molecule has 13 heavy (non-hydrogen) atoms. The Hall–Kier alpha value is -1.11. The van der Waals surface area contributed by atoms with Crippen LogP contribution in [0.1, 0.15) is 29.9 Å². The van der Waals surface area contributed by atoms with Gasteiger partial charge in [-0.3, -0.25) is 4.79 Å². The Morgan fingerprint density at radius 3 is 3.00 bits per heavy atom. The number of hydrogen-bond donors (Lipinski definition) is 0. The largest absolute Gasteiger partial charge is 0.299 e. The van der Waals surface area contributed by atoms with Crippen molar-refractivity contribution in [2.45, 2.75) is 25.2 Å². The van der Waals surface area contributed by atoms with Crippen molar-refractivity contribution in [1.29, 1.82) is 0 Å². The standard InChI is InChI=1S/C12H13O/c1-2-12(13)11-8-7-9-5-3-4-6-10(9)11/h3-6,11H,1-2,7-8H2. The van der Waals surface area contributed by atoms with E-state index in [0.29, 0.717) is 6.42 Å². The van der Waals surface area contributed by atoms with Gasteiger partial charge in [0.05, 0.1) is 0 Å². The van der Waals surface area contributed by atoms with E-state index in [4.69, 9.17) is 0 Å². The van der Waals surface area contributed by atoms with Crippen molar-refractivity contribution >= 4 is 5.78 Å². The first-order valence-corrected chi connectivity index (χ1v) is 4.72. The van der Waals surface area contributed by atoms with Gasteiger partial charge in [0.2, 0.25) is 0 Å². The smallest absolute Gasteiger partial charge is 0.140 e. The maximum Gasteiger partial charge on any atom is 0.140 e. The molecule has 2 rings (SSSR count). The van der Waals surface area contributed by atoms with Gasteiger partial charge >= 0.3 is 0 Å². The summed E-state index contributed by atoms with van der Waals surface area (Å²) in [7, 11) is 0. The number of aryl methyl sites for hydroxylation is 1. The summed E-state index contributed by atoms with van der Waals surface area (Å²) in [6.45, 7) is 3.65. The molecule has 0 fully saturated rings. The van der Waals surface area contributed by atoms with Crippen LogP contribution in [0.2, 0.25) is 0 Å². The fourth-order valence-electron chi connectivity index (χ4n) is 2.07. The molecule has 0 N–H and O–H groups in total. The monoisotopic (exact) mass is 173 g/mol. The third-order valence-corrected chi connectivity index (χ3v) is 2.77. The molecule has 1 aromatic rings. The fourth-order valence-corrected chi connectivity index (χ4v) is 2.07. The first-order chi connectivity index (χ1) is 6.33. The van der Waals surface area contributed by atoms with Crippen LogP contribution in [0.15, 0.2) is 24.3 Å². The molecule has 0 heterocycles. The fraction of sp³-hybridized carbons (Fsp3) is 0.333. The van der Waals surface area contributed by atoms with Crippen molar-refractivity contribution in [2.75, 3.05) is 0 Å². The van der Waals surface area contributed by atoms with Crippen molar-refractivity contribution in [3.05, 3.63) is 42.3 Å². The first kappa shape index (κ1) is 8.49. The molecule has 0 spiro atoms. The molecule has 0 aromatic heterocycles. The van der Waals surface area contributed by atoms with Gasteiger partial charge in [0.25, 0.3) is 0 Å². The second-order valence-electron chi connectivity index (χ2n) is 3.51. The molecule has 0 saturated heterocycles. The van der Waals surface area contributed by atoms with Gasteiger partial charge in [-0.15, -0.1) is 0 Å². The molecule has 1 aromatic carbocycles. The van der Waals surface area contributed by atoms with Crippen molar-refractivity contribution < 1.29 is 4.79 Å². The molecule has 1 nitrogen and oxygen atoms in total. The second kappa shape index (κ2) is 3.33. The maximum absolute atomic E-state index is 11.5. The molecule has 1 heteroatoms. The molecule has 1 unspecified atom stereocenters. The van der Waals surface area contributed by atoms with Gasteiger partial charge in [0.15, 0.2) is 0 Å². The number of hydrogen-bond acceptors (Lipinski definition) is 1. The van der Waals surface area contributed by atoms with Crippen LogP contribution in [-0.2, 0) is 11.2 Å². The molecule has 1 radical (unpaired) electrons. The Labute approximate surface area is 78.8 Å². The number of carbonyl (C=O) groups excluding carboxylic acids is 1. The topological polar surface area (TPSA) is 17.1 Å². The van der Waals surface area contributed by atoms with Gasteiger partial charge in [0.1, 0.15) is 5.78 Å². The highest BCUT2D eigenvalue weighted by Gasteiger charge is 2.26. The summed E-state index contributed by atoms with van der Waals surface area (Å²) in [6, 6.07) is 8.23. The highest BCUT2D eigenvalue weighted by Crippen LogP contribution is 2.33. The number of Topliss-reactive ketones (excluding diaryl/α,β-unsaturated/α-hetero) is 1. The van der Waals surface area contributed by atoms with Crippen molar-refractivity contribution in [2.24, 2.45) is 0 Å². The van der Waals surface area contributed by atoms with E-state index < -0.39 is 0 Å². The molecule has 1 aliphatic carbocycles. The van der Waals surface area contributed by atoms with E-state index in [1.165, 1.54) is 11.1 Å². The normalized spacial score (nSPS) is 19.9. The van der Waals surface area contributed by atoms with E-state index >= 15 is 0 Å². The van der Waals surface area contributed by atoms with Gasteiger partial charge in [-0.05, 0) is 30.9 Å². The minimum absolute atomic E-state index is 0.133. The lowest BCUT2D eigenvalue weighted by molar-refractivity contribution is -0.119. The Balaban J connectivity index is 2.33. The number of ketones is 1. The summed E-state index contributed by atoms with van der Waals surface area (Å²) < 4.78 is 0. The summed E-state index contributed by atoms with van der Waals surface area (Å²) in [5.41, 5.74) is 2.57. The predicted octanol–water partition coefficient (Wildman–Crippen LogP) is 2.51. The van der Waals surface area contributed by atoms with Crippen molar-refractivity contribution in [3.8, 4) is 0 Å². The van der Waals surface area contributed by atoms with Crippen LogP contribution in [-0.4, -0.2) is 5.78 Å². The van der Waals surface area contributed by atoms with Gasteiger partial charge < -0.3 is 0 Å². The zero-order valence-electron chi connectivity index (χ0n) is 7.62. The lowest BCUT2D eigenvalue weighted by Crippen LogP contribution is -2.07. The van der Waals surface area contributed by atoms with Crippen molar-refractivity contribution in [1.82, 2.24) is 0 Å². The molecular weight excluding hydrogens is 160 g/mol. The Bertz CT molecular complexity index is 328. The molecule has 67 valence electrons. The minimum Gasteiger partial charge on any atom is -0.299 e. The highest BCUT2D eigenvalue weighted by atomic mass is 16.1. The molecule has 0 bridgehead atoms. The molecule has 1 aliphatic rings. The van der Waals surface area contributed by atoms with Crippen molar-refractivity contribution in [3.63, 3.8) is 0 Å². The average Bonchev–Trinajstić information content (AvgIpc) is 2.60. The second-order valence-corrected chi connectivity index (χ2v) is 3.51. The number of benzene rings is 1. The van der Waals surface area contributed by atoms with Crippen LogP contribution in [0.5, 0.6) is 0 Å². The Morgan fingerprint density at radius 2 is 2.23 bits per heavy atom. The summed E-state index contributed by atoms with van der Waals surface area (Å²) in [4.78, 5) is 11.5. The molecule has 0 amide bonds. The predicted molar refractivity (Wildman–Crippen MR) is 52.5 cm³/mol. The highest BCUT2D eigenvalue weighted by molar-refractivity contribution is 5.87. The molecule has 1 atom stereocenters. The van der Waals surface area contributed by atoms with Crippen LogP contribution in [0.25, 0.3) is 0 Å². The van der Waals surface area contributed by atoms with Gasteiger partial charge in [0, 0.05) is 12.3 Å². The SMILES string of the molecule is [CH2]CC(=O)C1CCc2ccccc21. The minimum atomic E-state index is 0.133. The number of fused-ring (bicyclic) bond motifs is 1. The van der Waals surface area contributed by atoms with Crippen LogP contribution >= 0.6 is 0 Å². The van der Waals surface area contributed by atoms with Crippen LogP contribution in [0, 0.1) is 6.92 Å². The quantitative estimate of drug-likeness (QED) is 0.671. The van der Waals surface area contributed by atoms with E-state index in [1.807, 2.05) is 12.1 Å². The van der Waals surface area contributed by atoms with Gasteiger partial charge in [-0.2, -0.15) is 0 Å². The number of rotatable bonds is 2. The van der Waals surface area contributed by atoms with Crippen LogP contribution in [0.4, 0.5) is 0 Å². The maximum atomic E-state index is 11.5. The van der Waals surface area contributed by atoms with Crippen LogP contribution < -0.4 is 0 Å². The summed E-state index contributed by atoms with van der Waals surface area (Å²) in [6.07, 6.45) is 2.44. The van der Waals surface area contributed by atoms with E-state index in [-0.39, 0.29) is 11.7 Å². The first-order valence-electron chi connectivity index (χ1n) is 4.72. The zero-order valence-corrected chi connectivity index (χ0v) is 7.62.